The van der Waals surface area contributed by atoms with Crippen LogP contribution in [0.3, 0.4) is 0 Å². The van der Waals surface area contributed by atoms with Crippen molar-refractivity contribution >= 4 is 17.2 Å². The van der Waals surface area contributed by atoms with Crippen LogP contribution in [-0.2, 0) is 0 Å². The molecule has 1 fully saturated rings. The topological polar surface area (TPSA) is 29.3 Å². The Morgan fingerprint density at radius 3 is 2.64 bits per heavy atom. The molecule has 2 nitrogen and oxygen atoms in total. The molecule has 0 radical (unpaired) electrons. The molecule has 2 N–H and O–H groups in total. The van der Waals surface area contributed by atoms with Crippen LogP contribution in [0.25, 0.3) is 0 Å². The monoisotopic (exact) mass is 172 g/mol. The first-order chi connectivity index (χ1) is 5.02. The molecule has 0 aromatic heterocycles. The van der Waals surface area contributed by atoms with Gasteiger partial charge in [-0.2, -0.15) is 0 Å². The molecule has 0 bridgehead atoms. The van der Waals surface area contributed by atoms with Crippen molar-refractivity contribution in [3.05, 3.63) is 0 Å². The number of hydrogen-bond donors (Lipinski definition) is 1. The summed E-state index contributed by atoms with van der Waals surface area (Å²) >= 11 is 4.87. The average Bonchev–Trinajstić information content (AvgIpc) is 2.10. The predicted octanol–water partition coefficient (Wildman–Crippen LogP) is 1.15. The third-order valence-electron chi connectivity index (χ3n) is 2.42. The standard InChI is InChI=1S/C8H16N2S/c1-8(2)4-3-5-10(8)6-7(9)11/h3-6H2,1-2H3,(H2,9,11). The van der Waals surface area contributed by atoms with Gasteiger partial charge in [0.05, 0.1) is 4.99 Å². The molecule has 0 aromatic rings. The molecule has 0 atom stereocenters. The molecule has 0 saturated carbocycles. The minimum absolute atomic E-state index is 0.309. The molecule has 1 aliphatic rings. The van der Waals surface area contributed by atoms with E-state index in [1.165, 1.54) is 12.8 Å². The van der Waals surface area contributed by atoms with E-state index in [-0.39, 0.29) is 0 Å². The van der Waals surface area contributed by atoms with Gasteiger partial charge in [-0.25, -0.2) is 0 Å². The Morgan fingerprint density at radius 1 is 1.64 bits per heavy atom. The van der Waals surface area contributed by atoms with E-state index < -0.39 is 0 Å². The second kappa shape index (κ2) is 3.07. The third-order valence-corrected chi connectivity index (χ3v) is 2.55. The molecule has 64 valence electrons. The average molecular weight is 172 g/mol. The van der Waals surface area contributed by atoms with Crippen LogP contribution >= 0.6 is 12.2 Å². The summed E-state index contributed by atoms with van der Waals surface area (Å²) in [5.74, 6) is 0. The fourth-order valence-electron chi connectivity index (χ4n) is 1.64. The van der Waals surface area contributed by atoms with Crippen molar-refractivity contribution < 1.29 is 0 Å². The molecule has 1 rings (SSSR count). The number of nitrogens with two attached hydrogens (primary N) is 1. The Bertz CT molecular complexity index is 165. The van der Waals surface area contributed by atoms with Crippen LogP contribution in [0, 0.1) is 0 Å². The van der Waals surface area contributed by atoms with Crippen LogP contribution in [0.5, 0.6) is 0 Å². The molecule has 0 spiro atoms. The Kier molecular flexibility index (Phi) is 2.50. The van der Waals surface area contributed by atoms with Crippen molar-refractivity contribution in [2.24, 2.45) is 5.73 Å². The summed E-state index contributed by atoms with van der Waals surface area (Å²) in [4.78, 5) is 2.97. The van der Waals surface area contributed by atoms with Gasteiger partial charge in [-0.05, 0) is 33.2 Å². The number of hydrogen-bond acceptors (Lipinski definition) is 2. The number of thiocarbonyl (C=S) groups is 1. The molecule has 0 unspecified atom stereocenters. The molecule has 1 aliphatic heterocycles. The van der Waals surface area contributed by atoms with E-state index in [4.69, 9.17) is 18.0 Å². The smallest absolute Gasteiger partial charge is 0.0870 e. The van der Waals surface area contributed by atoms with E-state index in [1.54, 1.807) is 0 Å². The lowest BCUT2D eigenvalue weighted by Crippen LogP contribution is -2.42. The van der Waals surface area contributed by atoms with Gasteiger partial charge in [-0.3, -0.25) is 4.90 Å². The van der Waals surface area contributed by atoms with Gasteiger partial charge >= 0.3 is 0 Å². The van der Waals surface area contributed by atoms with Crippen molar-refractivity contribution in [2.45, 2.75) is 32.2 Å². The van der Waals surface area contributed by atoms with Crippen LogP contribution in [0.2, 0.25) is 0 Å². The van der Waals surface area contributed by atoms with Gasteiger partial charge in [0.2, 0.25) is 0 Å². The van der Waals surface area contributed by atoms with Crippen LogP contribution in [0.1, 0.15) is 26.7 Å². The molecule has 0 amide bonds. The predicted molar refractivity (Wildman–Crippen MR) is 51.7 cm³/mol. The Morgan fingerprint density at radius 2 is 2.27 bits per heavy atom. The SMILES string of the molecule is CC1(C)CCCN1CC(N)=S. The number of rotatable bonds is 2. The highest BCUT2D eigenvalue weighted by Crippen LogP contribution is 2.27. The minimum Gasteiger partial charge on any atom is -0.392 e. The summed E-state index contributed by atoms with van der Waals surface area (Å²) < 4.78 is 0. The van der Waals surface area contributed by atoms with Crippen LogP contribution in [-0.4, -0.2) is 28.5 Å². The quantitative estimate of drug-likeness (QED) is 0.634. The van der Waals surface area contributed by atoms with Gasteiger partial charge in [0.15, 0.2) is 0 Å². The molecule has 1 heterocycles. The Balaban J connectivity index is 2.51. The lowest BCUT2D eigenvalue weighted by atomic mass is 10.0. The van der Waals surface area contributed by atoms with E-state index in [2.05, 4.69) is 18.7 Å². The maximum Gasteiger partial charge on any atom is 0.0870 e. The molecule has 1 saturated heterocycles. The normalized spacial score (nSPS) is 23.8. The summed E-state index contributed by atoms with van der Waals surface area (Å²) in [6, 6.07) is 0. The maximum atomic E-state index is 5.48. The van der Waals surface area contributed by atoms with Crippen molar-refractivity contribution in [3.63, 3.8) is 0 Å². The maximum absolute atomic E-state index is 5.48. The molecular weight excluding hydrogens is 156 g/mol. The van der Waals surface area contributed by atoms with E-state index in [0.29, 0.717) is 10.5 Å². The fraction of sp³-hybridized carbons (Fsp3) is 0.875. The van der Waals surface area contributed by atoms with Crippen LogP contribution < -0.4 is 5.73 Å². The van der Waals surface area contributed by atoms with E-state index >= 15 is 0 Å². The molecule has 0 aromatic carbocycles. The highest BCUT2D eigenvalue weighted by molar-refractivity contribution is 7.80. The first kappa shape index (κ1) is 8.94. The molecule has 11 heavy (non-hydrogen) atoms. The van der Waals surface area contributed by atoms with Gasteiger partial charge in [0.25, 0.3) is 0 Å². The summed E-state index contributed by atoms with van der Waals surface area (Å²) in [6.45, 7) is 6.42. The third kappa shape index (κ3) is 2.14. The minimum atomic E-state index is 0.309. The first-order valence-electron chi connectivity index (χ1n) is 4.06. The summed E-state index contributed by atoms with van der Waals surface area (Å²) in [6.07, 6.45) is 2.53. The second-order valence-electron chi connectivity index (χ2n) is 3.80. The summed E-state index contributed by atoms with van der Waals surface area (Å²) in [5.41, 5.74) is 5.79. The van der Waals surface area contributed by atoms with Crippen molar-refractivity contribution in [1.82, 2.24) is 4.90 Å². The lowest BCUT2D eigenvalue weighted by molar-refractivity contribution is 0.202. The number of nitrogens with zero attached hydrogens (tertiary/aromatic N) is 1. The summed E-state index contributed by atoms with van der Waals surface area (Å²) in [7, 11) is 0. The largest absolute Gasteiger partial charge is 0.392 e. The van der Waals surface area contributed by atoms with Gasteiger partial charge in [0, 0.05) is 12.1 Å². The zero-order valence-corrected chi connectivity index (χ0v) is 8.08. The lowest BCUT2D eigenvalue weighted by Gasteiger charge is -2.30. The highest BCUT2D eigenvalue weighted by atomic mass is 32.1. The first-order valence-corrected chi connectivity index (χ1v) is 4.46. The van der Waals surface area contributed by atoms with Crippen LogP contribution in [0.4, 0.5) is 0 Å². The Labute approximate surface area is 73.7 Å². The molecule has 3 heteroatoms. The highest BCUT2D eigenvalue weighted by Gasteiger charge is 2.31. The van der Waals surface area contributed by atoms with Gasteiger partial charge in [-0.1, -0.05) is 12.2 Å². The second-order valence-corrected chi connectivity index (χ2v) is 4.33. The molecular formula is C8H16N2S. The fourth-order valence-corrected chi connectivity index (χ4v) is 1.80. The number of likely N-dealkylation sites (tertiary alicyclic amines) is 1. The van der Waals surface area contributed by atoms with E-state index in [0.717, 1.165) is 13.1 Å². The van der Waals surface area contributed by atoms with Crippen molar-refractivity contribution in [2.75, 3.05) is 13.1 Å². The zero-order valence-electron chi connectivity index (χ0n) is 7.26. The van der Waals surface area contributed by atoms with Gasteiger partial charge in [-0.15, -0.1) is 0 Å². The van der Waals surface area contributed by atoms with Crippen LogP contribution in [0.15, 0.2) is 0 Å². The van der Waals surface area contributed by atoms with E-state index in [1.807, 2.05) is 0 Å². The van der Waals surface area contributed by atoms with Crippen molar-refractivity contribution in [1.29, 1.82) is 0 Å². The van der Waals surface area contributed by atoms with E-state index in [9.17, 15) is 0 Å². The Hall–Kier alpha value is -0.150. The zero-order chi connectivity index (χ0) is 8.48. The molecule has 0 aliphatic carbocycles. The summed E-state index contributed by atoms with van der Waals surface area (Å²) in [5, 5.41) is 0. The van der Waals surface area contributed by atoms with Gasteiger partial charge in [0.1, 0.15) is 0 Å². The van der Waals surface area contributed by atoms with Gasteiger partial charge < -0.3 is 5.73 Å². The van der Waals surface area contributed by atoms with Crippen molar-refractivity contribution in [3.8, 4) is 0 Å².